The van der Waals surface area contributed by atoms with Crippen LogP contribution in [-0.2, 0) is 4.79 Å². The molecule has 2 aromatic rings. The minimum Gasteiger partial charge on any atom is -0.342 e. The Balaban J connectivity index is 1.44. The fourth-order valence-corrected chi connectivity index (χ4v) is 4.25. The molecule has 1 aliphatic heterocycles. The van der Waals surface area contributed by atoms with Crippen molar-refractivity contribution < 1.29 is 9.59 Å². The molecule has 0 saturated carbocycles. The summed E-state index contributed by atoms with van der Waals surface area (Å²) < 4.78 is 0. The zero-order valence-corrected chi connectivity index (χ0v) is 15.8. The Labute approximate surface area is 159 Å². The van der Waals surface area contributed by atoms with Crippen molar-refractivity contribution in [3.05, 3.63) is 71.8 Å². The minimum atomic E-state index is 0.0865. The van der Waals surface area contributed by atoms with Crippen LogP contribution in [0.25, 0.3) is 0 Å². The summed E-state index contributed by atoms with van der Waals surface area (Å²) in [6, 6.07) is 19.9. The molecule has 0 radical (unpaired) electrons. The Morgan fingerprint density at radius 3 is 2.31 bits per heavy atom. The van der Waals surface area contributed by atoms with Gasteiger partial charge in [-0.3, -0.25) is 9.59 Å². The molecule has 26 heavy (non-hydrogen) atoms. The maximum atomic E-state index is 12.5. The number of hydrogen-bond donors (Lipinski definition) is 0. The van der Waals surface area contributed by atoms with Crippen molar-refractivity contribution in [1.82, 2.24) is 4.90 Å². The summed E-state index contributed by atoms with van der Waals surface area (Å²) in [5, 5.41) is 0. The van der Waals surface area contributed by atoms with Crippen molar-refractivity contribution in [3.63, 3.8) is 0 Å². The van der Waals surface area contributed by atoms with Gasteiger partial charge < -0.3 is 4.90 Å². The monoisotopic (exact) mass is 367 g/mol. The number of likely N-dealkylation sites (tertiary alicyclic amines) is 1. The van der Waals surface area contributed by atoms with Gasteiger partial charge in [0.25, 0.3) is 0 Å². The van der Waals surface area contributed by atoms with Crippen molar-refractivity contribution in [1.29, 1.82) is 0 Å². The average Bonchev–Trinajstić information content (AvgIpc) is 2.95. The molecule has 1 saturated heterocycles. The highest BCUT2D eigenvalue weighted by atomic mass is 32.2. The number of amides is 1. The van der Waals surface area contributed by atoms with Crippen LogP contribution in [0.3, 0.4) is 0 Å². The van der Waals surface area contributed by atoms with Gasteiger partial charge in [-0.1, -0.05) is 60.7 Å². The number of benzene rings is 2. The lowest BCUT2D eigenvalue weighted by Gasteiger charge is -2.20. The number of hydrogen-bond acceptors (Lipinski definition) is 3. The summed E-state index contributed by atoms with van der Waals surface area (Å²) in [5.41, 5.74) is 2.09. The van der Waals surface area contributed by atoms with Gasteiger partial charge in [0.05, 0.1) is 11.5 Å². The van der Waals surface area contributed by atoms with Crippen LogP contribution >= 0.6 is 11.8 Å². The van der Waals surface area contributed by atoms with Crippen LogP contribution < -0.4 is 0 Å². The van der Waals surface area contributed by atoms with E-state index in [2.05, 4.69) is 24.3 Å². The molecular formula is C22H25NO2S. The van der Waals surface area contributed by atoms with Crippen LogP contribution in [0.4, 0.5) is 0 Å². The number of thioether (sulfide) groups is 1. The van der Waals surface area contributed by atoms with Crippen LogP contribution in [0, 0.1) is 0 Å². The predicted octanol–water partition coefficient (Wildman–Crippen LogP) is 4.40. The lowest BCUT2D eigenvalue weighted by molar-refractivity contribution is -0.128. The quantitative estimate of drug-likeness (QED) is 0.710. The van der Waals surface area contributed by atoms with Crippen LogP contribution in [0.5, 0.6) is 0 Å². The Bertz CT molecular complexity index is 717. The van der Waals surface area contributed by atoms with Gasteiger partial charge in [0.2, 0.25) is 5.91 Å². The van der Waals surface area contributed by atoms with Crippen molar-refractivity contribution in [3.8, 4) is 0 Å². The second kappa shape index (κ2) is 9.58. The first kappa shape index (κ1) is 18.7. The fourth-order valence-electron chi connectivity index (χ4n) is 3.43. The maximum Gasteiger partial charge on any atom is 0.232 e. The van der Waals surface area contributed by atoms with Gasteiger partial charge in [-0.2, -0.15) is 0 Å². The summed E-state index contributed by atoms with van der Waals surface area (Å²) in [6.45, 7) is 1.64. The molecule has 0 N–H and O–H groups in total. The third-order valence-electron chi connectivity index (χ3n) is 4.91. The standard InChI is InChI=1S/C22H25NO2S/c24-21(20-10-5-2-6-11-20)16-26-17-22(25)23-14-7-12-19(13-15-23)18-8-3-1-4-9-18/h1-6,8-11,19H,7,12-17H2. The van der Waals surface area contributed by atoms with E-state index >= 15 is 0 Å². The first-order valence-electron chi connectivity index (χ1n) is 9.23. The number of carbonyl (C=O) groups is 2. The van der Waals surface area contributed by atoms with Crippen molar-refractivity contribution in [2.45, 2.75) is 25.2 Å². The van der Waals surface area contributed by atoms with Gasteiger partial charge in [-0.15, -0.1) is 11.8 Å². The molecular weight excluding hydrogens is 342 g/mol. The van der Waals surface area contributed by atoms with Crippen LogP contribution in [-0.4, -0.2) is 41.2 Å². The van der Waals surface area contributed by atoms with Gasteiger partial charge in [-0.25, -0.2) is 0 Å². The Morgan fingerprint density at radius 1 is 0.885 bits per heavy atom. The molecule has 0 aliphatic carbocycles. The molecule has 4 heteroatoms. The molecule has 1 unspecified atom stereocenters. The highest BCUT2D eigenvalue weighted by Gasteiger charge is 2.21. The third-order valence-corrected chi connectivity index (χ3v) is 5.82. The predicted molar refractivity (Wildman–Crippen MR) is 108 cm³/mol. The third kappa shape index (κ3) is 5.21. The summed E-state index contributed by atoms with van der Waals surface area (Å²) in [7, 11) is 0. The SMILES string of the molecule is O=C(CSCC(=O)N1CCCC(c2ccccc2)CC1)c1ccccc1. The van der Waals surface area contributed by atoms with E-state index in [0.29, 0.717) is 23.0 Å². The van der Waals surface area contributed by atoms with Crippen LogP contribution in [0.2, 0.25) is 0 Å². The average molecular weight is 368 g/mol. The summed E-state index contributed by atoms with van der Waals surface area (Å²) in [6.07, 6.45) is 3.19. The van der Waals surface area contributed by atoms with E-state index < -0.39 is 0 Å². The summed E-state index contributed by atoms with van der Waals surface area (Å²) in [4.78, 5) is 26.6. The first-order valence-corrected chi connectivity index (χ1v) is 10.4. The van der Waals surface area contributed by atoms with E-state index in [0.717, 1.165) is 32.4 Å². The van der Waals surface area contributed by atoms with Gasteiger partial charge >= 0.3 is 0 Å². The van der Waals surface area contributed by atoms with Crippen molar-refractivity contribution in [2.75, 3.05) is 24.6 Å². The van der Waals surface area contributed by atoms with Crippen LogP contribution in [0.1, 0.15) is 41.1 Å². The van der Waals surface area contributed by atoms with Gasteiger partial charge in [-0.05, 0) is 30.7 Å². The number of Topliss-reactive ketones (excluding diaryl/α,β-unsaturated/α-hetero) is 1. The lowest BCUT2D eigenvalue weighted by Crippen LogP contribution is -2.33. The Morgan fingerprint density at radius 2 is 1.58 bits per heavy atom. The molecule has 0 bridgehead atoms. The first-order chi connectivity index (χ1) is 12.7. The highest BCUT2D eigenvalue weighted by molar-refractivity contribution is 8.00. The molecule has 1 heterocycles. The van der Waals surface area contributed by atoms with Gasteiger partial charge in [0, 0.05) is 18.7 Å². The summed E-state index contributed by atoms with van der Waals surface area (Å²) >= 11 is 1.42. The van der Waals surface area contributed by atoms with E-state index in [1.807, 2.05) is 41.3 Å². The molecule has 2 aromatic carbocycles. The zero-order chi connectivity index (χ0) is 18.2. The highest BCUT2D eigenvalue weighted by Crippen LogP contribution is 2.28. The minimum absolute atomic E-state index is 0.0865. The summed E-state index contributed by atoms with van der Waals surface area (Å²) in [5.74, 6) is 1.53. The number of rotatable bonds is 6. The smallest absolute Gasteiger partial charge is 0.232 e. The molecule has 136 valence electrons. The van der Waals surface area contributed by atoms with E-state index in [1.165, 1.54) is 17.3 Å². The fraction of sp³-hybridized carbons (Fsp3) is 0.364. The number of ketones is 1. The molecule has 1 fully saturated rings. The molecule has 1 atom stereocenters. The second-order valence-corrected chi connectivity index (χ2v) is 7.69. The molecule has 3 nitrogen and oxygen atoms in total. The maximum absolute atomic E-state index is 12.5. The van der Waals surface area contributed by atoms with Crippen LogP contribution in [0.15, 0.2) is 60.7 Å². The number of carbonyl (C=O) groups excluding carboxylic acids is 2. The molecule has 3 rings (SSSR count). The lowest BCUT2D eigenvalue weighted by atomic mass is 9.92. The Kier molecular flexibility index (Phi) is 6.89. The van der Waals surface area contributed by atoms with Crippen molar-refractivity contribution >= 4 is 23.5 Å². The molecule has 1 amide bonds. The van der Waals surface area contributed by atoms with E-state index in [9.17, 15) is 9.59 Å². The molecule has 1 aliphatic rings. The largest absolute Gasteiger partial charge is 0.342 e. The van der Waals surface area contributed by atoms with Gasteiger partial charge in [0.15, 0.2) is 5.78 Å². The van der Waals surface area contributed by atoms with E-state index in [4.69, 9.17) is 0 Å². The topological polar surface area (TPSA) is 37.4 Å². The molecule has 0 spiro atoms. The normalized spacial score (nSPS) is 17.5. The van der Waals surface area contributed by atoms with E-state index in [-0.39, 0.29) is 11.7 Å². The van der Waals surface area contributed by atoms with E-state index in [1.54, 1.807) is 0 Å². The number of nitrogens with zero attached hydrogens (tertiary/aromatic N) is 1. The Hall–Kier alpha value is -2.07. The zero-order valence-electron chi connectivity index (χ0n) is 15.0. The second-order valence-electron chi connectivity index (χ2n) is 6.70. The van der Waals surface area contributed by atoms with Crippen molar-refractivity contribution in [2.24, 2.45) is 0 Å². The van der Waals surface area contributed by atoms with Gasteiger partial charge in [0.1, 0.15) is 0 Å². The molecule has 0 aromatic heterocycles.